The zero-order chi connectivity index (χ0) is 25.0. The first-order valence-corrected chi connectivity index (χ1v) is 10.6. The zero-order valence-electron chi connectivity index (χ0n) is 17.9. The normalized spacial score (nSPS) is 19.5. The first-order valence-electron chi connectivity index (χ1n) is 10.6. The quantitative estimate of drug-likeness (QED) is 0.431. The lowest BCUT2D eigenvalue weighted by Gasteiger charge is -2.31. The number of urea groups is 1. The number of benzene rings is 3. The van der Waals surface area contributed by atoms with Crippen LogP contribution in [0.5, 0.6) is 0 Å². The molecular weight excluding hydrogens is 466 g/mol. The zero-order valence-corrected chi connectivity index (χ0v) is 17.9. The summed E-state index contributed by atoms with van der Waals surface area (Å²) in [5.74, 6) is -1.78. The molecule has 6 nitrogen and oxygen atoms in total. The molecule has 3 aromatic carbocycles. The Balaban J connectivity index is 1.51. The smallest absolute Gasteiger partial charge is 0.331 e. The van der Waals surface area contributed by atoms with Crippen LogP contribution in [0.25, 0.3) is 11.1 Å². The van der Waals surface area contributed by atoms with Crippen molar-refractivity contribution >= 4 is 17.8 Å². The third-order valence-electron chi connectivity index (χ3n) is 6.24. The van der Waals surface area contributed by atoms with Crippen LogP contribution in [0.4, 0.5) is 22.4 Å². The second-order valence-corrected chi connectivity index (χ2v) is 8.40. The van der Waals surface area contributed by atoms with Gasteiger partial charge in [0.15, 0.2) is 5.54 Å². The minimum absolute atomic E-state index is 0.0345. The SMILES string of the molecule is O=C1NC(=O)C(CN2Cc3ccc(F)cc3C2=O)(c2ccc(-c3ccccc3C(F)(F)F)cc2)N1. The Kier molecular flexibility index (Phi) is 5.12. The topological polar surface area (TPSA) is 78.5 Å². The summed E-state index contributed by atoms with van der Waals surface area (Å²) < 4.78 is 54.0. The number of hydrogen-bond acceptors (Lipinski definition) is 3. The highest BCUT2D eigenvalue weighted by atomic mass is 19.4. The Morgan fingerprint density at radius 1 is 0.914 bits per heavy atom. The molecule has 0 aliphatic carbocycles. The molecule has 5 rings (SSSR count). The average Bonchev–Trinajstić information content (AvgIpc) is 3.28. The largest absolute Gasteiger partial charge is 0.417 e. The van der Waals surface area contributed by atoms with E-state index in [4.69, 9.17) is 0 Å². The van der Waals surface area contributed by atoms with Crippen molar-refractivity contribution in [2.24, 2.45) is 0 Å². The second-order valence-electron chi connectivity index (χ2n) is 8.40. The van der Waals surface area contributed by atoms with Gasteiger partial charge in [-0.15, -0.1) is 0 Å². The van der Waals surface area contributed by atoms with Gasteiger partial charge < -0.3 is 10.2 Å². The molecule has 1 atom stereocenters. The van der Waals surface area contributed by atoms with Gasteiger partial charge in [0.2, 0.25) is 0 Å². The Morgan fingerprint density at radius 2 is 1.63 bits per heavy atom. The molecule has 35 heavy (non-hydrogen) atoms. The maximum absolute atomic E-state index is 13.6. The number of fused-ring (bicyclic) bond motifs is 1. The van der Waals surface area contributed by atoms with E-state index in [1.165, 1.54) is 59.5 Å². The summed E-state index contributed by atoms with van der Waals surface area (Å²) in [7, 11) is 0. The van der Waals surface area contributed by atoms with Crippen molar-refractivity contribution in [1.29, 1.82) is 0 Å². The number of carbonyl (C=O) groups is 3. The van der Waals surface area contributed by atoms with Crippen molar-refractivity contribution in [3.63, 3.8) is 0 Å². The van der Waals surface area contributed by atoms with Crippen LogP contribution < -0.4 is 10.6 Å². The lowest BCUT2D eigenvalue weighted by Crippen LogP contribution is -2.52. The van der Waals surface area contributed by atoms with Gasteiger partial charge in [0.05, 0.1) is 12.1 Å². The maximum atomic E-state index is 13.6. The minimum atomic E-state index is -4.56. The predicted molar refractivity (Wildman–Crippen MR) is 116 cm³/mol. The van der Waals surface area contributed by atoms with E-state index in [1.807, 2.05) is 0 Å². The van der Waals surface area contributed by atoms with Crippen molar-refractivity contribution in [3.05, 3.63) is 94.8 Å². The number of imide groups is 1. The van der Waals surface area contributed by atoms with E-state index in [9.17, 15) is 31.9 Å². The molecule has 0 bridgehead atoms. The number of hydrogen-bond donors (Lipinski definition) is 2. The van der Waals surface area contributed by atoms with E-state index >= 15 is 0 Å². The van der Waals surface area contributed by atoms with Crippen LogP contribution in [-0.4, -0.2) is 29.3 Å². The van der Waals surface area contributed by atoms with Crippen molar-refractivity contribution in [1.82, 2.24) is 15.5 Å². The summed E-state index contributed by atoms with van der Waals surface area (Å²) in [5, 5.41) is 4.73. The molecule has 1 fully saturated rings. The van der Waals surface area contributed by atoms with Gasteiger partial charge in [0.1, 0.15) is 5.82 Å². The average molecular weight is 483 g/mol. The van der Waals surface area contributed by atoms with Crippen molar-refractivity contribution in [2.75, 3.05) is 6.54 Å². The van der Waals surface area contributed by atoms with Crippen molar-refractivity contribution < 1.29 is 31.9 Å². The van der Waals surface area contributed by atoms with Gasteiger partial charge in [-0.05, 0) is 40.5 Å². The molecule has 4 amide bonds. The van der Waals surface area contributed by atoms with Crippen molar-refractivity contribution in [3.8, 4) is 11.1 Å². The highest BCUT2D eigenvalue weighted by Crippen LogP contribution is 2.38. The number of nitrogens with one attached hydrogen (secondary N) is 2. The lowest BCUT2D eigenvalue weighted by atomic mass is 9.87. The summed E-state index contributed by atoms with van der Waals surface area (Å²) in [5.41, 5.74) is -1.21. The summed E-state index contributed by atoms with van der Waals surface area (Å²) in [6.45, 7) is -0.144. The highest BCUT2D eigenvalue weighted by molar-refractivity contribution is 6.08. The van der Waals surface area contributed by atoms with Gasteiger partial charge in [-0.3, -0.25) is 14.9 Å². The van der Waals surface area contributed by atoms with E-state index in [-0.39, 0.29) is 35.3 Å². The summed E-state index contributed by atoms with van der Waals surface area (Å²) in [6, 6.07) is 13.9. The Hall–Kier alpha value is -4.21. The molecule has 1 unspecified atom stereocenters. The molecule has 2 aliphatic rings. The Morgan fingerprint density at radius 3 is 2.29 bits per heavy atom. The standard InChI is InChI=1S/C25H17F4N3O3/c26-17-10-7-15-12-32(21(33)19(15)11-17)13-24(22(34)30-23(35)31-24)16-8-5-14(6-9-16)18-3-1-2-4-20(18)25(27,28)29/h1-11H,12-13H2,(H2,30,31,34,35). The molecule has 0 saturated carbocycles. The van der Waals surface area contributed by atoms with Gasteiger partial charge >= 0.3 is 12.2 Å². The molecule has 0 aromatic heterocycles. The van der Waals surface area contributed by atoms with Crippen LogP contribution >= 0.6 is 0 Å². The van der Waals surface area contributed by atoms with Gasteiger partial charge in [-0.1, -0.05) is 48.5 Å². The van der Waals surface area contributed by atoms with Crippen LogP contribution in [0, 0.1) is 5.82 Å². The van der Waals surface area contributed by atoms with Crippen LogP contribution in [-0.2, 0) is 23.1 Å². The molecule has 2 N–H and O–H groups in total. The Bertz CT molecular complexity index is 1370. The minimum Gasteiger partial charge on any atom is -0.331 e. The molecule has 3 aromatic rings. The molecule has 2 aliphatic heterocycles. The molecule has 0 radical (unpaired) electrons. The maximum Gasteiger partial charge on any atom is 0.417 e. The number of amides is 4. The van der Waals surface area contributed by atoms with Crippen LogP contribution in [0.1, 0.15) is 27.0 Å². The highest BCUT2D eigenvalue weighted by Gasteiger charge is 2.50. The van der Waals surface area contributed by atoms with Gasteiger partial charge in [0.25, 0.3) is 11.8 Å². The van der Waals surface area contributed by atoms with Crippen molar-refractivity contribution in [2.45, 2.75) is 18.3 Å². The molecule has 0 spiro atoms. The van der Waals surface area contributed by atoms with Crippen LogP contribution in [0.2, 0.25) is 0 Å². The van der Waals surface area contributed by atoms with E-state index in [0.717, 1.165) is 12.1 Å². The molecule has 178 valence electrons. The molecular formula is C25H17F4N3O3. The summed E-state index contributed by atoms with van der Waals surface area (Å²) in [6.07, 6.45) is -4.56. The van der Waals surface area contributed by atoms with E-state index < -0.39 is 40.9 Å². The van der Waals surface area contributed by atoms with E-state index in [0.29, 0.717) is 5.56 Å². The first kappa shape index (κ1) is 22.6. The predicted octanol–water partition coefficient (Wildman–Crippen LogP) is 4.20. The number of halogens is 4. The molecule has 10 heteroatoms. The molecule has 2 heterocycles. The second kappa shape index (κ2) is 7.93. The van der Waals surface area contributed by atoms with Gasteiger partial charge in [-0.2, -0.15) is 13.2 Å². The first-order chi connectivity index (χ1) is 16.6. The number of nitrogens with zero attached hydrogens (tertiary/aromatic N) is 1. The van der Waals surface area contributed by atoms with Crippen LogP contribution in [0.3, 0.4) is 0 Å². The van der Waals surface area contributed by atoms with Crippen LogP contribution in [0.15, 0.2) is 66.7 Å². The fraction of sp³-hybridized carbons (Fsp3) is 0.160. The lowest BCUT2D eigenvalue weighted by molar-refractivity contribution is -0.137. The van der Waals surface area contributed by atoms with Gasteiger partial charge in [0, 0.05) is 12.1 Å². The van der Waals surface area contributed by atoms with Gasteiger partial charge in [-0.25, -0.2) is 9.18 Å². The van der Waals surface area contributed by atoms with E-state index in [1.54, 1.807) is 0 Å². The summed E-state index contributed by atoms with van der Waals surface area (Å²) >= 11 is 0. The number of carbonyl (C=O) groups excluding carboxylic acids is 3. The summed E-state index contributed by atoms with van der Waals surface area (Å²) in [4.78, 5) is 39.2. The van der Waals surface area contributed by atoms with E-state index in [2.05, 4.69) is 10.6 Å². The fourth-order valence-corrected chi connectivity index (χ4v) is 4.56. The molecule has 1 saturated heterocycles. The third kappa shape index (κ3) is 3.80. The third-order valence-corrected chi connectivity index (χ3v) is 6.24. The number of rotatable bonds is 4. The monoisotopic (exact) mass is 483 g/mol. The number of alkyl halides is 3. The fourth-order valence-electron chi connectivity index (χ4n) is 4.56. The Labute approximate surface area is 196 Å².